The molecule has 1 heterocycles. The Bertz CT molecular complexity index is 1310. The molecule has 0 bridgehead atoms. The summed E-state index contributed by atoms with van der Waals surface area (Å²) in [4.78, 5) is 35.9. The summed E-state index contributed by atoms with van der Waals surface area (Å²) in [5, 5.41) is 3.13. The first kappa shape index (κ1) is 21.0. The third-order valence-electron chi connectivity index (χ3n) is 4.20. The van der Waals surface area contributed by atoms with Crippen molar-refractivity contribution in [1.29, 1.82) is 0 Å². The van der Waals surface area contributed by atoms with Crippen LogP contribution in [0.15, 0.2) is 61.7 Å². The lowest BCUT2D eigenvalue weighted by molar-refractivity contribution is 0.172. The number of nitroso groups, excluding NO2 is 1. The van der Waals surface area contributed by atoms with Crippen LogP contribution in [0.1, 0.15) is 5.56 Å². The number of hydrogen-bond acceptors (Lipinski definition) is 8. The van der Waals surface area contributed by atoms with Gasteiger partial charge in [0.05, 0.1) is 0 Å². The van der Waals surface area contributed by atoms with E-state index in [2.05, 4.69) is 9.90 Å². The highest BCUT2D eigenvalue weighted by Gasteiger charge is 2.23. The normalized spacial score (nSPS) is 11.2. The van der Waals surface area contributed by atoms with Gasteiger partial charge in [-0.2, -0.15) is 0 Å². The Morgan fingerprint density at radius 3 is 2.53 bits per heavy atom. The van der Waals surface area contributed by atoms with E-state index < -0.39 is 21.7 Å². The minimum atomic E-state index is -4.28. The van der Waals surface area contributed by atoms with E-state index in [1.165, 1.54) is 68.4 Å². The molecule has 1 aromatic heterocycles. The van der Waals surface area contributed by atoms with Crippen molar-refractivity contribution in [2.24, 2.45) is 5.18 Å². The Morgan fingerprint density at radius 1 is 1.17 bits per heavy atom. The highest BCUT2D eigenvalue weighted by atomic mass is 32.2. The number of carbonyl (C=O) groups is 1. The number of anilines is 1. The maximum absolute atomic E-state index is 12.7. The van der Waals surface area contributed by atoms with Gasteiger partial charge < -0.3 is 14.1 Å². The second-order valence-corrected chi connectivity index (χ2v) is 8.13. The summed E-state index contributed by atoms with van der Waals surface area (Å²) in [7, 11) is -1.25. The molecule has 0 unspecified atom stereocenters. The third-order valence-corrected chi connectivity index (χ3v) is 5.60. The molecule has 10 nitrogen and oxygen atoms in total. The van der Waals surface area contributed by atoms with Crippen molar-refractivity contribution >= 4 is 38.5 Å². The van der Waals surface area contributed by atoms with Crippen molar-refractivity contribution in [3.8, 4) is 5.75 Å². The molecule has 0 aliphatic carbocycles. The number of hydrogen-bond donors (Lipinski definition) is 1. The van der Waals surface area contributed by atoms with E-state index in [1.54, 1.807) is 0 Å². The maximum Gasteiger partial charge on any atom is 0.414 e. The largest absolute Gasteiger partial charge is 0.421 e. The molecular formula is C19H17N3O7S. The van der Waals surface area contributed by atoms with E-state index in [1.807, 2.05) is 0 Å². The fraction of sp³-hybridized carbons (Fsp3) is 0.158. The second kappa shape index (κ2) is 7.95. The maximum atomic E-state index is 12.7. The van der Waals surface area contributed by atoms with Crippen LogP contribution in [0.4, 0.5) is 16.2 Å². The van der Waals surface area contributed by atoms with E-state index in [0.29, 0.717) is 10.9 Å². The average Bonchev–Trinajstić information content (AvgIpc) is 2.70. The summed E-state index contributed by atoms with van der Waals surface area (Å²) >= 11 is 0. The number of benzene rings is 2. The van der Waals surface area contributed by atoms with Crippen molar-refractivity contribution in [2.45, 2.75) is 11.8 Å². The molecule has 0 radical (unpaired) electrons. The fourth-order valence-corrected chi connectivity index (χ4v) is 3.91. The lowest BCUT2D eigenvalue weighted by Crippen LogP contribution is -2.25. The molecule has 1 N–H and O–H groups in total. The minimum absolute atomic E-state index is 0.111. The van der Waals surface area contributed by atoms with Crippen molar-refractivity contribution in [3.05, 3.63) is 63.4 Å². The van der Waals surface area contributed by atoms with Crippen LogP contribution in [0.25, 0.3) is 11.0 Å². The van der Waals surface area contributed by atoms with Gasteiger partial charge in [0, 0.05) is 25.5 Å². The van der Waals surface area contributed by atoms with E-state index in [9.17, 15) is 22.9 Å². The number of fused-ring (bicyclic) bond motifs is 1. The molecule has 11 heteroatoms. The van der Waals surface area contributed by atoms with Gasteiger partial charge in [0.25, 0.3) is 10.0 Å². The van der Waals surface area contributed by atoms with Crippen LogP contribution in [-0.4, -0.2) is 33.5 Å². The van der Waals surface area contributed by atoms with Crippen LogP contribution in [0, 0.1) is 11.8 Å². The Labute approximate surface area is 171 Å². The van der Waals surface area contributed by atoms with Gasteiger partial charge in [-0.3, -0.25) is 4.72 Å². The highest BCUT2D eigenvalue weighted by Crippen LogP contribution is 2.29. The third kappa shape index (κ3) is 4.01. The average molecular weight is 431 g/mol. The van der Waals surface area contributed by atoms with Gasteiger partial charge in [-0.15, -0.1) is 4.91 Å². The standard InChI is InChI=1S/C19H17N3O7S/c1-11-13-9-8-12(28-19(24)22(2)3)10-15(13)29-18(23)17(11)21-30(26,27)16-7-5-4-6-14(16)20-25/h4-10,21H,1-3H3. The molecule has 1 amide bonds. The van der Waals surface area contributed by atoms with Gasteiger partial charge in [-0.25, -0.2) is 18.0 Å². The van der Waals surface area contributed by atoms with Crippen molar-refractivity contribution in [2.75, 3.05) is 18.8 Å². The van der Waals surface area contributed by atoms with Crippen molar-refractivity contribution in [1.82, 2.24) is 4.90 Å². The summed E-state index contributed by atoms with van der Waals surface area (Å²) in [6, 6.07) is 9.71. The lowest BCUT2D eigenvalue weighted by Gasteiger charge is -2.13. The summed E-state index contributed by atoms with van der Waals surface area (Å²) in [5.41, 5.74) is -1.14. The molecule has 0 saturated heterocycles. The van der Waals surface area contributed by atoms with E-state index in [4.69, 9.17) is 9.15 Å². The molecule has 2 aromatic carbocycles. The first-order valence-electron chi connectivity index (χ1n) is 8.56. The van der Waals surface area contributed by atoms with Crippen molar-refractivity contribution < 1.29 is 22.4 Å². The second-order valence-electron chi connectivity index (χ2n) is 6.47. The summed E-state index contributed by atoms with van der Waals surface area (Å²) in [6.45, 7) is 1.53. The molecule has 0 fully saturated rings. The Hall–Kier alpha value is -3.73. The van der Waals surface area contributed by atoms with Crippen molar-refractivity contribution in [3.63, 3.8) is 0 Å². The number of ether oxygens (including phenoxy) is 1. The van der Waals surface area contributed by atoms with Crippen LogP contribution in [0.2, 0.25) is 0 Å². The summed E-state index contributed by atoms with van der Waals surface area (Å²) in [6.07, 6.45) is -0.611. The Kier molecular flexibility index (Phi) is 5.56. The number of amides is 1. The predicted octanol–water partition coefficient (Wildman–Crippen LogP) is 3.36. The number of nitrogens with one attached hydrogen (secondary N) is 1. The molecule has 156 valence electrons. The highest BCUT2D eigenvalue weighted by molar-refractivity contribution is 7.92. The molecule has 0 spiro atoms. The van der Waals surface area contributed by atoms with Gasteiger partial charge in [-0.05, 0) is 41.9 Å². The smallest absolute Gasteiger partial charge is 0.414 e. The topological polar surface area (TPSA) is 135 Å². The first-order chi connectivity index (χ1) is 14.1. The molecule has 0 aliphatic heterocycles. The molecule has 3 rings (SSSR count). The molecule has 30 heavy (non-hydrogen) atoms. The van der Waals surface area contributed by atoms with E-state index in [0.717, 1.165) is 0 Å². The zero-order valence-corrected chi connectivity index (χ0v) is 17.0. The van der Waals surface area contributed by atoms with Crippen LogP contribution in [0.5, 0.6) is 5.75 Å². The monoisotopic (exact) mass is 431 g/mol. The van der Waals surface area contributed by atoms with Gasteiger partial charge in [0.1, 0.15) is 27.6 Å². The summed E-state index contributed by atoms with van der Waals surface area (Å²) < 4.78 is 37.9. The molecule has 0 aliphatic rings. The molecular weight excluding hydrogens is 414 g/mol. The van der Waals surface area contributed by atoms with Gasteiger partial charge in [-0.1, -0.05) is 12.1 Å². The number of rotatable bonds is 5. The summed E-state index contributed by atoms with van der Waals surface area (Å²) in [5.74, 6) is 0.156. The SMILES string of the molecule is Cc1c(NS(=O)(=O)c2ccccc2N=O)c(=O)oc2cc(OC(=O)N(C)C)ccc12. The van der Waals surface area contributed by atoms with Crippen LogP contribution in [-0.2, 0) is 10.0 Å². The Balaban J connectivity index is 2.04. The van der Waals surface area contributed by atoms with E-state index >= 15 is 0 Å². The van der Waals surface area contributed by atoms with Crippen LogP contribution < -0.4 is 15.1 Å². The molecule has 3 aromatic rings. The number of carbonyl (C=O) groups excluding carboxylic acids is 1. The van der Waals surface area contributed by atoms with Gasteiger partial charge in [0.15, 0.2) is 0 Å². The Morgan fingerprint density at radius 2 is 1.87 bits per heavy atom. The predicted molar refractivity (Wildman–Crippen MR) is 110 cm³/mol. The quantitative estimate of drug-likeness (QED) is 0.483. The molecule has 0 atom stereocenters. The fourth-order valence-electron chi connectivity index (χ4n) is 2.66. The molecule has 0 saturated carbocycles. The number of aryl methyl sites for hydroxylation is 1. The van der Waals surface area contributed by atoms with Gasteiger partial charge >= 0.3 is 11.7 Å². The van der Waals surface area contributed by atoms with Crippen LogP contribution >= 0.6 is 0 Å². The number of nitrogens with zero attached hydrogens (tertiary/aromatic N) is 2. The zero-order chi connectivity index (χ0) is 22.1. The lowest BCUT2D eigenvalue weighted by atomic mass is 10.1. The zero-order valence-electron chi connectivity index (χ0n) is 16.2. The first-order valence-corrected chi connectivity index (χ1v) is 10.0. The van der Waals surface area contributed by atoms with E-state index in [-0.39, 0.29) is 27.6 Å². The van der Waals surface area contributed by atoms with Gasteiger partial charge in [0.2, 0.25) is 0 Å². The van der Waals surface area contributed by atoms with Crippen LogP contribution in [0.3, 0.4) is 0 Å². The minimum Gasteiger partial charge on any atom is -0.421 e. The number of sulfonamides is 1.